The number of hydrogen-bond donors (Lipinski definition) is 1. The predicted octanol–water partition coefficient (Wildman–Crippen LogP) is 3.32. The van der Waals surface area contributed by atoms with Crippen LogP contribution in [-0.4, -0.2) is 91.9 Å². The number of likely N-dealkylation sites (N-methyl/N-ethyl adjacent to an activating group) is 1. The Labute approximate surface area is 198 Å². The summed E-state index contributed by atoms with van der Waals surface area (Å²) in [6, 6.07) is 11.3. The van der Waals surface area contributed by atoms with Gasteiger partial charge in [0.15, 0.2) is 5.96 Å². The Morgan fingerprint density at radius 1 is 1.17 bits per heavy atom. The second-order valence-corrected chi connectivity index (χ2v) is 9.07. The first-order valence-electron chi connectivity index (χ1n) is 10.8. The van der Waals surface area contributed by atoms with E-state index in [2.05, 4.69) is 69.2 Å². The SMILES string of the molecule is CCN1CCN(C(C)CNC(=NC)N2CCC(CSc3ccccc3)C2)CC1.I. The zero-order valence-electron chi connectivity index (χ0n) is 18.2. The van der Waals surface area contributed by atoms with Crippen molar-refractivity contribution in [2.75, 3.05) is 65.2 Å². The summed E-state index contributed by atoms with van der Waals surface area (Å²) in [5.74, 6) is 3.00. The Morgan fingerprint density at radius 2 is 1.90 bits per heavy atom. The summed E-state index contributed by atoms with van der Waals surface area (Å²) >= 11 is 1.98. The zero-order valence-corrected chi connectivity index (χ0v) is 21.4. The highest BCUT2D eigenvalue weighted by Crippen LogP contribution is 2.25. The molecular weight excluding hydrogens is 493 g/mol. The normalized spacial score (nSPS) is 22.4. The molecule has 2 aliphatic heterocycles. The first-order valence-corrected chi connectivity index (χ1v) is 11.8. The van der Waals surface area contributed by atoms with Crippen LogP contribution in [0.4, 0.5) is 0 Å². The van der Waals surface area contributed by atoms with Gasteiger partial charge in [-0.05, 0) is 37.9 Å². The molecule has 0 aromatic heterocycles. The molecule has 2 heterocycles. The van der Waals surface area contributed by atoms with Crippen molar-refractivity contribution in [2.24, 2.45) is 10.9 Å². The van der Waals surface area contributed by atoms with Crippen LogP contribution in [-0.2, 0) is 0 Å². The number of nitrogens with zero attached hydrogens (tertiary/aromatic N) is 4. The summed E-state index contributed by atoms with van der Waals surface area (Å²) in [5.41, 5.74) is 0. The van der Waals surface area contributed by atoms with Gasteiger partial charge in [-0.15, -0.1) is 35.7 Å². The molecule has 0 bridgehead atoms. The van der Waals surface area contributed by atoms with Crippen LogP contribution in [0.2, 0.25) is 0 Å². The highest BCUT2D eigenvalue weighted by Gasteiger charge is 2.26. The molecule has 0 radical (unpaired) electrons. The minimum atomic E-state index is 0. The van der Waals surface area contributed by atoms with E-state index in [1.54, 1.807) is 0 Å². The van der Waals surface area contributed by atoms with Gasteiger partial charge in [0.2, 0.25) is 0 Å². The lowest BCUT2D eigenvalue weighted by molar-refractivity contribution is 0.107. The second-order valence-electron chi connectivity index (χ2n) is 7.97. The minimum Gasteiger partial charge on any atom is -0.355 e. The van der Waals surface area contributed by atoms with E-state index in [9.17, 15) is 0 Å². The third-order valence-electron chi connectivity index (χ3n) is 6.06. The average molecular weight is 532 g/mol. The van der Waals surface area contributed by atoms with Crippen LogP contribution in [0.1, 0.15) is 20.3 Å². The predicted molar refractivity (Wildman–Crippen MR) is 137 cm³/mol. The maximum atomic E-state index is 4.56. The molecule has 2 saturated heterocycles. The van der Waals surface area contributed by atoms with Gasteiger partial charge in [0.25, 0.3) is 0 Å². The van der Waals surface area contributed by atoms with Crippen LogP contribution in [0.3, 0.4) is 0 Å². The highest BCUT2D eigenvalue weighted by molar-refractivity contribution is 14.0. The summed E-state index contributed by atoms with van der Waals surface area (Å²) in [6.45, 7) is 13.7. The number of piperazine rings is 1. The topological polar surface area (TPSA) is 34.1 Å². The number of benzene rings is 1. The van der Waals surface area contributed by atoms with Crippen molar-refractivity contribution in [3.8, 4) is 0 Å². The fourth-order valence-corrected chi connectivity index (χ4v) is 5.16. The van der Waals surface area contributed by atoms with Gasteiger partial charge in [0.05, 0.1) is 0 Å². The van der Waals surface area contributed by atoms with Gasteiger partial charge in [-0.2, -0.15) is 0 Å². The lowest BCUT2D eigenvalue weighted by atomic mass is 10.2. The monoisotopic (exact) mass is 531 g/mol. The molecule has 164 valence electrons. The van der Waals surface area contributed by atoms with E-state index < -0.39 is 0 Å². The number of aliphatic imine (C=N–C) groups is 1. The van der Waals surface area contributed by atoms with Crippen molar-refractivity contribution < 1.29 is 0 Å². The fourth-order valence-electron chi connectivity index (χ4n) is 4.11. The Hall–Kier alpha value is -0.510. The van der Waals surface area contributed by atoms with Gasteiger partial charge in [0.1, 0.15) is 0 Å². The lowest BCUT2D eigenvalue weighted by Crippen LogP contribution is -2.53. The molecule has 29 heavy (non-hydrogen) atoms. The van der Waals surface area contributed by atoms with E-state index in [4.69, 9.17) is 0 Å². The van der Waals surface area contributed by atoms with E-state index in [1.807, 2.05) is 18.8 Å². The van der Waals surface area contributed by atoms with E-state index in [0.717, 1.165) is 31.5 Å². The van der Waals surface area contributed by atoms with Gasteiger partial charge >= 0.3 is 0 Å². The molecule has 1 aromatic carbocycles. The van der Waals surface area contributed by atoms with Crippen LogP contribution in [0.5, 0.6) is 0 Å². The number of rotatable bonds is 7. The molecule has 0 saturated carbocycles. The fraction of sp³-hybridized carbons (Fsp3) is 0.682. The van der Waals surface area contributed by atoms with Crippen LogP contribution in [0, 0.1) is 5.92 Å². The van der Waals surface area contributed by atoms with Gasteiger partial charge < -0.3 is 15.1 Å². The minimum absolute atomic E-state index is 0. The molecule has 0 spiro atoms. The number of nitrogens with one attached hydrogen (secondary N) is 1. The Morgan fingerprint density at radius 3 is 2.55 bits per heavy atom. The number of hydrogen-bond acceptors (Lipinski definition) is 4. The molecule has 2 aliphatic rings. The molecule has 5 nitrogen and oxygen atoms in total. The molecule has 0 amide bonds. The second kappa shape index (κ2) is 13.0. The Kier molecular flexibility index (Phi) is 11.1. The molecule has 2 unspecified atom stereocenters. The standard InChI is InChI=1S/C22H37N5S.HI/c1-4-25-12-14-26(15-13-25)19(2)16-24-22(23-3)27-11-10-20(17-27)18-28-21-8-6-5-7-9-21;/h5-9,19-20H,4,10-18H2,1-3H3,(H,23,24);1H. The Bertz CT molecular complexity index is 606. The Balaban J connectivity index is 0.00000300. The summed E-state index contributed by atoms with van der Waals surface area (Å²) in [4.78, 5) is 13.5. The summed E-state index contributed by atoms with van der Waals surface area (Å²) in [6.07, 6.45) is 1.26. The quantitative estimate of drug-likeness (QED) is 0.253. The molecule has 3 rings (SSSR count). The molecule has 2 atom stereocenters. The third-order valence-corrected chi connectivity index (χ3v) is 7.30. The average Bonchev–Trinajstić information content (AvgIpc) is 3.22. The third kappa shape index (κ3) is 7.60. The van der Waals surface area contributed by atoms with Gasteiger partial charge in [-0.25, -0.2) is 0 Å². The van der Waals surface area contributed by atoms with Crippen molar-refractivity contribution in [3.63, 3.8) is 0 Å². The van der Waals surface area contributed by atoms with E-state index in [1.165, 1.54) is 49.8 Å². The zero-order chi connectivity index (χ0) is 19.8. The van der Waals surface area contributed by atoms with Crippen molar-refractivity contribution >= 4 is 41.7 Å². The number of halogens is 1. The van der Waals surface area contributed by atoms with Crippen molar-refractivity contribution in [1.29, 1.82) is 0 Å². The van der Waals surface area contributed by atoms with Crippen LogP contribution in [0.25, 0.3) is 0 Å². The largest absolute Gasteiger partial charge is 0.355 e. The molecule has 7 heteroatoms. The molecule has 0 aliphatic carbocycles. The number of thioether (sulfide) groups is 1. The van der Waals surface area contributed by atoms with E-state index >= 15 is 0 Å². The molecular formula is C22H38IN5S. The van der Waals surface area contributed by atoms with Gasteiger partial charge in [-0.3, -0.25) is 9.89 Å². The number of guanidine groups is 1. The van der Waals surface area contributed by atoms with Crippen molar-refractivity contribution in [2.45, 2.75) is 31.2 Å². The summed E-state index contributed by atoms with van der Waals surface area (Å²) in [7, 11) is 1.92. The smallest absolute Gasteiger partial charge is 0.193 e. The van der Waals surface area contributed by atoms with E-state index in [0.29, 0.717) is 6.04 Å². The highest BCUT2D eigenvalue weighted by atomic mass is 127. The van der Waals surface area contributed by atoms with Crippen LogP contribution < -0.4 is 5.32 Å². The van der Waals surface area contributed by atoms with Gasteiger partial charge in [0, 0.05) is 69.6 Å². The van der Waals surface area contributed by atoms with Crippen molar-refractivity contribution in [1.82, 2.24) is 20.0 Å². The summed E-state index contributed by atoms with van der Waals surface area (Å²) in [5, 5.41) is 3.64. The van der Waals surface area contributed by atoms with Crippen LogP contribution >= 0.6 is 35.7 Å². The van der Waals surface area contributed by atoms with Gasteiger partial charge in [-0.1, -0.05) is 25.1 Å². The molecule has 1 aromatic rings. The number of likely N-dealkylation sites (tertiary alicyclic amines) is 1. The molecule has 1 N–H and O–H groups in total. The molecule has 2 fully saturated rings. The van der Waals surface area contributed by atoms with Crippen molar-refractivity contribution in [3.05, 3.63) is 30.3 Å². The summed E-state index contributed by atoms with van der Waals surface area (Å²) < 4.78 is 0. The lowest BCUT2D eigenvalue weighted by Gasteiger charge is -2.38. The van der Waals surface area contributed by atoms with E-state index in [-0.39, 0.29) is 24.0 Å². The maximum absolute atomic E-state index is 4.56. The van der Waals surface area contributed by atoms with Crippen LogP contribution in [0.15, 0.2) is 40.2 Å². The first-order chi connectivity index (χ1) is 13.7. The first kappa shape index (κ1) is 24.8. The maximum Gasteiger partial charge on any atom is 0.193 e.